The molecule has 1 unspecified atom stereocenters. The van der Waals surface area contributed by atoms with Crippen molar-refractivity contribution in [2.24, 2.45) is 0 Å². The summed E-state index contributed by atoms with van der Waals surface area (Å²) >= 11 is 0. The molecule has 1 aromatic rings. The molecule has 0 saturated heterocycles. The molecule has 0 radical (unpaired) electrons. The largest absolute Gasteiger partial charge is 0.369 e. The van der Waals surface area contributed by atoms with Crippen LogP contribution in [0.5, 0.6) is 0 Å². The maximum absolute atomic E-state index is 9.16. The zero-order valence-corrected chi connectivity index (χ0v) is 7.41. The molecule has 0 amide bonds. The number of aliphatic hydroxyl groups is 1. The third-order valence-corrected chi connectivity index (χ3v) is 1.41. The highest BCUT2D eigenvalue weighted by molar-refractivity contribution is 5.36. The van der Waals surface area contributed by atoms with E-state index in [0.29, 0.717) is 0 Å². The molecule has 0 aliphatic rings. The predicted molar refractivity (Wildman–Crippen MR) is 52.8 cm³/mol. The van der Waals surface area contributed by atoms with Crippen molar-refractivity contribution in [3.63, 3.8) is 0 Å². The SMILES string of the molecule is CC#CC(O)C#Cc1ccccc1. The molecule has 0 aliphatic heterocycles. The first-order valence-electron chi connectivity index (χ1n) is 4.00. The van der Waals surface area contributed by atoms with Crippen LogP contribution in [0.1, 0.15) is 12.5 Å². The molecule has 1 rings (SSSR count). The summed E-state index contributed by atoms with van der Waals surface area (Å²) in [6, 6.07) is 9.51. The van der Waals surface area contributed by atoms with E-state index in [2.05, 4.69) is 23.7 Å². The molecule has 0 aromatic heterocycles. The minimum Gasteiger partial charge on any atom is -0.369 e. The molecule has 1 N–H and O–H groups in total. The van der Waals surface area contributed by atoms with Crippen LogP contribution >= 0.6 is 0 Å². The van der Waals surface area contributed by atoms with Crippen molar-refractivity contribution in [3.8, 4) is 23.7 Å². The van der Waals surface area contributed by atoms with Gasteiger partial charge in [-0.15, -0.1) is 5.92 Å². The Hall–Kier alpha value is -1.70. The summed E-state index contributed by atoms with van der Waals surface area (Å²) in [7, 11) is 0. The molecular formula is C12H10O. The number of hydrogen-bond donors (Lipinski definition) is 1. The number of hydrogen-bond acceptors (Lipinski definition) is 1. The zero-order chi connectivity index (χ0) is 9.52. The molecule has 1 nitrogen and oxygen atoms in total. The molecule has 0 spiro atoms. The van der Waals surface area contributed by atoms with E-state index in [1.165, 1.54) is 0 Å². The van der Waals surface area contributed by atoms with Gasteiger partial charge < -0.3 is 5.11 Å². The Morgan fingerprint density at radius 3 is 2.46 bits per heavy atom. The van der Waals surface area contributed by atoms with E-state index in [4.69, 9.17) is 5.11 Å². The lowest BCUT2D eigenvalue weighted by Gasteiger charge is -1.89. The van der Waals surface area contributed by atoms with Crippen LogP contribution in [0.15, 0.2) is 30.3 Å². The fraction of sp³-hybridized carbons (Fsp3) is 0.167. The lowest BCUT2D eigenvalue weighted by Crippen LogP contribution is -1.97. The van der Waals surface area contributed by atoms with E-state index in [1.54, 1.807) is 6.92 Å². The number of rotatable bonds is 0. The molecule has 64 valence electrons. The second-order valence-corrected chi connectivity index (χ2v) is 2.43. The van der Waals surface area contributed by atoms with Gasteiger partial charge in [0.25, 0.3) is 0 Å². The normalized spacial score (nSPS) is 10.3. The van der Waals surface area contributed by atoms with Gasteiger partial charge in [-0.05, 0) is 19.1 Å². The molecule has 1 heteroatoms. The molecule has 13 heavy (non-hydrogen) atoms. The van der Waals surface area contributed by atoms with Crippen LogP contribution in [0.2, 0.25) is 0 Å². The minimum atomic E-state index is -0.842. The summed E-state index contributed by atoms with van der Waals surface area (Å²) in [5.41, 5.74) is 0.888. The van der Waals surface area contributed by atoms with Crippen molar-refractivity contribution >= 4 is 0 Å². The van der Waals surface area contributed by atoms with Crippen LogP contribution in [-0.4, -0.2) is 11.2 Å². The van der Waals surface area contributed by atoms with Crippen LogP contribution in [0, 0.1) is 23.7 Å². The van der Waals surface area contributed by atoms with Gasteiger partial charge in [0.05, 0.1) is 0 Å². The maximum atomic E-state index is 9.16. The summed E-state index contributed by atoms with van der Waals surface area (Å²) in [6.07, 6.45) is -0.842. The number of benzene rings is 1. The first-order chi connectivity index (χ1) is 6.33. The van der Waals surface area contributed by atoms with Crippen molar-refractivity contribution in [2.45, 2.75) is 13.0 Å². The highest BCUT2D eigenvalue weighted by Crippen LogP contribution is 1.94. The summed E-state index contributed by atoms with van der Waals surface area (Å²) in [5.74, 6) is 10.6. The standard InChI is InChI=1S/C12H10O/c1-2-6-12(13)10-9-11-7-4-3-5-8-11/h3-5,7-8,12-13H,1H3. The third-order valence-electron chi connectivity index (χ3n) is 1.41. The van der Waals surface area contributed by atoms with Crippen molar-refractivity contribution in [3.05, 3.63) is 35.9 Å². The second-order valence-electron chi connectivity index (χ2n) is 2.43. The third kappa shape index (κ3) is 3.47. The molecule has 0 aliphatic carbocycles. The van der Waals surface area contributed by atoms with E-state index in [0.717, 1.165) is 5.56 Å². The van der Waals surface area contributed by atoms with Gasteiger partial charge in [0.2, 0.25) is 0 Å². The molecule has 0 bridgehead atoms. The Morgan fingerprint density at radius 2 is 1.85 bits per heavy atom. The Labute approximate surface area is 78.4 Å². The minimum absolute atomic E-state index is 0.842. The first kappa shape index (κ1) is 9.39. The van der Waals surface area contributed by atoms with Gasteiger partial charge >= 0.3 is 0 Å². The average Bonchev–Trinajstić information content (AvgIpc) is 2.17. The van der Waals surface area contributed by atoms with Crippen LogP contribution in [-0.2, 0) is 0 Å². The average molecular weight is 170 g/mol. The van der Waals surface area contributed by atoms with E-state index in [9.17, 15) is 0 Å². The molecule has 1 atom stereocenters. The quantitative estimate of drug-likeness (QED) is 0.584. The van der Waals surface area contributed by atoms with E-state index in [-0.39, 0.29) is 0 Å². The highest BCUT2D eigenvalue weighted by Gasteiger charge is 1.88. The lowest BCUT2D eigenvalue weighted by atomic mass is 10.2. The lowest BCUT2D eigenvalue weighted by molar-refractivity contribution is 0.289. The van der Waals surface area contributed by atoms with E-state index in [1.807, 2.05) is 30.3 Å². The fourth-order valence-corrected chi connectivity index (χ4v) is 0.846. The van der Waals surface area contributed by atoms with E-state index < -0.39 is 6.10 Å². The Bertz CT molecular complexity index is 370. The molecular weight excluding hydrogens is 160 g/mol. The van der Waals surface area contributed by atoms with Gasteiger partial charge in [0.1, 0.15) is 0 Å². The highest BCUT2D eigenvalue weighted by atomic mass is 16.3. The summed E-state index contributed by atoms with van der Waals surface area (Å²) < 4.78 is 0. The van der Waals surface area contributed by atoms with Gasteiger partial charge in [0, 0.05) is 5.56 Å². The molecule has 0 saturated carbocycles. The Kier molecular flexibility index (Phi) is 3.64. The van der Waals surface area contributed by atoms with Crippen molar-refractivity contribution in [1.82, 2.24) is 0 Å². The van der Waals surface area contributed by atoms with E-state index >= 15 is 0 Å². The second kappa shape index (κ2) is 5.04. The molecule has 1 aromatic carbocycles. The van der Waals surface area contributed by atoms with Gasteiger partial charge in [-0.25, -0.2) is 0 Å². The maximum Gasteiger partial charge on any atom is 0.176 e. The monoisotopic (exact) mass is 170 g/mol. The summed E-state index contributed by atoms with van der Waals surface area (Å²) in [6.45, 7) is 1.67. The first-order valence-corrected chi connectivity index (χ1v) is 4.00. The summed E-state index contributed by atoms with van der Waals surface area (Å²) in [5, 5.41) is 9.16. The van der Waals surface area contributed by atoms with Crippen LogP contribution in [0.3, 0.4) is 0 Å². The topological polar surface area (TPSA) is 20.2 Å². The number of aliphatic hydroxyl groups excluding tert-OH is 1. The van der Waals surface area contributed by atoms with Crippen molar-refractivity contribution in [1.29, 1.82) is 0 Å². The Morgan fingerprint density at radius 1 is 1.15 bits per heavy atom. The van der Waals surface area contributed by atoms with Crippen LogP contribution in [0.25, 0.3) is 0 Å². The van der Waals surface area contributed by atoms with Crippen LogP contribution in [0.4, 0.5) is 0 Å². The van der Waals surface area contributed by atoms with Crippen molar-refractivity contribution in [2.75, 3.05) is 0 Å². The summed E-state index contributed by atoms with van der Waals surface area (Å²) in [4.78, 5) is 0. The zero-order valence-electron chi connectivity index (χ0n) is 7.41. The van der Waals surface area contributed by atoms with Crippen molar-refractivity contribution < 1.29 is 5.11 Å². The smallest absolute Gasteiger partial charge is 0.176 e. The Balaban J connectivity index is 2.71. The van der Waals surface area contributed by atoms with Gasteiger partial charge in [-0.2, -0.15) is 0 Å². The van der Waals surface area contributed by atoms with Crippen LogP contribution < -0.4 is 0 Å². The molecule has 0 fully saturated rings. The predicted octanol–water partition coefficient (Wildman–Crippen LogP) is 1.42. The van der Waals surface area contributed by atoms with Gasteiger partial charge in [-0.1, -0.05) is 36.0 Å². The molecule has 0 heterocycles. The van der Waals surface area contributed by atoms with Gasteiger partial charge in [-0.3, -0.25) is 0 Å². The van der Waals surface area contributed by atoms with Gasteiger partial charge in [0.15, 0.2) is 6.10 Å². The fourth-order valence-electron chi connectivity index (χ4n) is 0.846.